The van der Waals surface area contributed by atoms with Gasteiger partial charge in [0.1, 0.15) is 5.60 Å². The molecule has 0 saturated heterocycles. The summed E-state index contributed by atoms with van der Waals surface area (Å²) in [6.07, 6.45) is 2.68. The second-order valence-corrected chi connectivity index (χ2v) is 5.41. The second kappa shape index (κ2) is 4.47. The SMILES string of the molecule is CNc1cccc(OC2CC2)c1OC(C)(C)C. The van der Waals surface area contributed by atoms with Crippen molar-refractivity contribution in [1.29, 1.82) is 0 Å². The maximum absolute atomic E-state index is 6.00. The lowest BCUT2D eigenvalue weighted by Crippen LogP contribution is -2.24. The third-order valence-electron chi connectivity index (χ3n) is 2.47. The minimum Gasteiger partial charge on any atom is -0.486 e. The summed E-state index contributed by atoms with van der Waals surface area (Å²) >= 11 is 0. The zero-order chi connectivity index (χ0) is 12.5. The van der Waals surface area contributed by atoms with Gasteiger partial charge in [0.15, 0.2) is 11.5 Å². The lowest BCUT2D eigenvalue weighted by molar-refractivity contribution is 0.123. The molecule has 1 aliphatic rings. The standard InChI is InChI=1S/C14H21NO2/c1-14(2,3)17-13-11(15-4)6-5-7-12(13)16-10-8-9-10/h5-7,10,15H,8-9H2,1-4H3. The van der Waals surface area contributed by atoms with Crippen molar-refractivity contribution in [2.45, 2.75) is 45.3 Å². The van der Waals surface area contributed by atoms with E-state index in [4.69, 9.17) is 9.47 Å². The molecule has 0 bridgehead atoms. The number of para-hydroxylation sites is 1. The normalized spacial score (nSPS) is 15.5. The summed E-state index contributed by atoms with van der Waals surface area (Å²) in [5, 5.41) is 3.15. The molecule has 0 atom stereocenters. The van der Waals surface area contributed by atoms with Crippen LogP contribution in [0.4, 0.5) is 5.69 Å². The van der Waals surface area contributed by atoms with Gasteiger partial charge in [0, 0.05) is 7.05 Å². The maximum atomic E-state index is 6.00. The molecule has 0 unspecified atom stereocenters. The molecule has 0 heterocycles. The van der Waals surface area contributed by atoms with E-state index < -0.39 is 0 Å². The van der Waals surface area contributed by atoms with Gasteiger partial charge in [-0.3, -0.25) is 0 Å². The van der Waals surface area contributed by atoms with Crippen LogP contribution in [0.2, 0.25) is 0 Å². The Hall–Kier alpha value is -1.38. The van der Waals surface area contributed by atoms with Crippen LogP contribution in [0.15, 0.2) is 18.2 Å². The van der Waals surface area contributed by atoms with Gasteiger partial charge >= 0.3 is 0 Å². The minimum absolute atomic E-state index is 0.228. The minimum atomic E-state index is -0.228. The number of ether oxygens (including phenoxy) is 2. The van der Waals surface area contributed by atoms with E-state index in [1.54, 1.807) is 0 Å². The summed E-state index contributed by atoms with van der Waals surface area (Å²) in [4.78, 5) is 0. The van der Waals surface area contributed by atoms with E-state index in [1.165, 1.54) is 0 Å². The van der Waals surface area contributed by atoms with Gasteiger partial charge in [0.05, 0.1) is 11.8 Å². The molecule has 0 radical (unpaired) electrons. The van der Waals surface area contributed by atoms with Gasteiger partial charge < -0.3 is 14.8 Å². The summed E-state index contributed by atoms with van der Waals surface area (Å²) in [6.45, 7) is 6.13. The Balaban J connectivity index is 2.28. The number of nitrogens with one attached hydrogen (secondary N) is 1. The fraction of sp³-hybridized carbons (Fsp3) is 0.571. The smallest absolute Gasteiger partial charge is 0.185 e. The molecule has 1 fully saturated rings. The Morgan fingerprint density at radius 2 is 1.94 bits per heavy atom. The van der Waals surface area contributed by atoms with Gasteiger partial charge in [0.25, 0.3) is 0 Å². The highest BCUT2D eigenvalue weighted by Crippen LogP contribution is 2.40. The quantitative estimate of drug-likeness (QED) is 0.867. The number of hydrogen-bond donors (Lipinski definition) is 1. The predicted octanol–water partition coefficient (Wildman–Crippen LogP) is 3.45. The molecule has 0 spiro atoms. The number of hydrogen-bond acceptors (Lipinski definition) is 3. The number of anilines is 1. The largest absolute Gasteiger partial charge is 0.486 e. The van der Waals surface area contributed by atoms with Crippen LogP contribution in [-0.4, -0.2) is 18.8 Å². The Morgan fingerprint density at radius 1 is 1.24 bits per heavy atom. The second-order valence-electron chi connectivity index (χ2n) is 5.41. The van der Waals surface area contributed by atoms with Crippen molar-refractivity contribution < 1.29 is 9.47 Å². The monoisotopic (exact) mass is 235 g/mol. The van der Waals surface area contributed by atoms with Crippen molar-refractivity contribution in [2.24, 2.45) is 0 Å². The Morgan fingerprint density at radius 3 is 2.47 bits per heavy atom. The molecule has 1 aliphatic carbocycles. The molecule has 2 rings (SSSR count). The fourth-order valence-corrected chi connectivity index (χ4v) is 1.58. The summed E-state index contributed by atoms with van der Waals surface area (Å²) in [5.74, 6) is 1.66. The average molecular weight is 235 g/mol. The van der Waals surface area contributed by atoms with E-state index in [9.17, 15) is 0 Å². The van der Waals surface area contributed by atoms with E-state index in [1.807, 2.05) is 46.0 Å². The molecule has 0 aliphatic heterocycles. The summed E-state index contributed by atoms with van der Waals surface area (Å²) in [7, 11) is 1.89. The van der Waals surface area contributed by atoms with Gasteiger partial charge in [-0.1, -0.05) is 6.07 Å². The molecule has 1 aromatic rings. The van der Waals surface area contributed by atoms with Crippen LogP contribution in [0.25, 0.3) is 0 Å². The Kier molecular flexibility index (Phi) is 3.18. The molecular formula is C14H21NO2. The van der Waals surface area contributed by atoms with Gasteiger partial charge in [-0.15, -0.1) is 0 Å². The van der Waals surface area contributed by atoms with Crippen molar-refractivity contribution in [3.8, 4) is 11.5 Å². The Labute approximate surface area is 103 Å². The molecule has 1 saturated carbocycles. The molecule has 3 nitrogen and oxygen atoms in total. The lowest BCUT2D eigenvalue weighted by atomic mass is 10.2. The van der Waals surface area contributed by atoms with E-state index in [2.05, 4.69) is 5.32 Å². The average Bonchev–Trinajstić information content (AvgIpc) is 3.02. The van der Waals surface area contributed by atoms with Crippen molar-refractivity contribution in [3.05, 3.63) is 18.2 Å². The summed E-state index contributed by atoms with van der Waals surface area (Å²) < 4.78 is 11.9. The van der Waals surface area contributed by atoms with Crippen LogP contribution >= 0.6 is 0 Å². The van der Waals surface area contributed by atoms with E-state index in [0.29, 0.717) is 6.10 Å². The van der Waals surface area contributed by atoms with Crippen LogP contribution in [0, 0.1) is 0 Å². The zero-order valence-electron chi connectivity index (χ0n) is 11.0. The van der Waals surface area contributed by atoms with E-state index >= 15 is 0 Å². The molecule has 1 aromatic carbocycles. The number of benzene rings is 1. The molecule has 94 valence electrons. The first-order chi connectivity index (χ1) is 7.99. The predicted molar refractivity (Wildman–Crippen MR) is 70.0 cm³/mol. The van der Waals surface area contributed by atoms with Crippen LogP contribution in [0.3, 0.4) is 0 Å². The highest BCUT2D eigenvalue weighted by atomic mass is 16.5. The number of rotatable bonds is 4. The van der Waals surface area contributed by atoms with Crippen LogP contribution in [0.1, 0.15) is 33.6 Å². The van der Waals surface area contributed by atoms with Gasteiger partial charge in [-0.25, -0.2) is 0 Å². The maximum Gasteiger partial charge on any atom is 0.185 e. The van der Waals surface area contributed by atoms with Crippen molar-refractivity contribution in [3.63, 3.8) is 0 Å². The zero-order valence-corrected chi connectivity index (χ0v) is 11.0. The highest BCUT2D eigenvalue weighted by molar-refractivity contribution is 5.63. The first-order valence-corrected chi connectivity index (χ1v) is 6.16. The van der Waals surface area contributed by atoms with Crippen molar-refractivity contribution in [1.82, 2.24) is 0 Å². The Bertz CT molecular complexity index is 392. The van der Waals surface area contributed by atoms with Gasteiger partial charge in [0.2, 0.25) is 0 Å². The fourth-order valence-electron chi connectivity index (χ4n) is 1.58. The lowest BCUT2D eigenvalue weighted by Gasteiger charge is -2.25. The van der Waals surface area contributed by atoms with Gasteiger partial charge in [-0.2, -0.15) is 0 Å². The molecule has 3 heteroatoms. The summed E-state index contributed by atoms with van der Waals surface area (Å²) in [6, 6.07) is 5.96. The van der Waals surface area contributed by atoms with Crippen molar-refractivity contribution in [2.75, 3.05) is 12.4 Å². The topological polar surface area (TPSA) is 30.5 Å². The van der Waals surface area contributed by atoms with Crippen LogP contribution in [0.5, 0.6) is 11.5 Å². The van der Waals surface area contributed by atoms with Crippen LogP contribution < -0.4 is 14.8 Å². The first kappa shape index (κ1) is 12.1. The third-order valence-corrected chi connectivity index (χ3v) is 2.47. The van der Waals surface area contributed by atoms with Crippen molar-refractivity contribution >= 4 is 5.69 Å². The molecule has 0 amide bonds. The summed E-state index contributed by atoms with van der Waals surface area (Å²) in [5.41, 5.74) is 0.743. The van der Waals surface area contributed by atoms with Crippen LogP contribution in [-0.2, 0) is 0 Å². The van der Waals surface area contributed by atoms with E-state index in [-0.39, 0.29) is 5.60 Å². The molecule has 17 heavy (non-hydrogen) atoms. The first-order valence-electron chi connectivity index (χ1n) is 6.16. The molecular weight excluding hydrogens is 214 g/mol. The third kappa shape index (κ3) is 3.29. The van der Waals surface area contributed by atoms with Gasteiger partial charge in [-0.05, 0) is 45.7 Å². The van der Waals surface area contributed by atoms with E-state index in [0.717, 1.165) is 30.0 Å². The highest BCUT2D eigenvalue weighted by Gasteiger charge is 2.26. The molecule has 1 N–H and O–H groups in total. The molecule has 0 aromatic heterocycles.